The number of hydrogen-bond donors (Lipinski definition) is 1. The van der Waals surface area contributed by atoms with Crippen LogP contribution in [-0.4, -0.2) is 19.1 Å². The summed E-state index contributed by atoms with van der Waals surface area (Å²) in [6, 6.07) is 8.09. The van der Waals surface area contributed by atoms with Crippen molar-refractivity contribution >= 4 is 5.91 Å². The number of nitrogens with one attached hydrogen (secondary N) is 1. The van der Waals surface area contributed by atoms with Crippen LogP contribution in [0.5, 0.6) is 5.75 Å². The first-order valence-electron chi connectivity index (χ1n) is 6.58. The van der Waals surface area contributed by atoms with E-state index in [1.54, 1.807) is 7.11 Å². The Morgan fingerprint density at radius 3 is 2.44 bits per heavy atom. The zero-order valence-corrected chi connectivity index (χ0v) is 11.3. The van der Waals surface area contributed by atoms with Crippen molar-refractivity contribution in [3.63, 3.8) is 0 Å². The predicted octanol–water partition coefficient (Wildman–Crippen LogP) is 2.64. The van der Waals surface area contributed by atoms with E-state index >= 15 is 0 Å². The number of benzene rings is 1. The monoisotopic (exact) mass is 247 g/mol. The van der Waals surface area contributed by atoms with Crippen LogP contribution >= 0.6 is 0 Å². The lowest BCUT2D eigenvalue weighted by atomic mass is 9.94. The van der Waals surface area contributed by atoms with Gasteiger partial charge in [-0.15, -0.1) is 0 Å². The molecule has 0 aromatic heterocycles. The molecular weight excluding hydrogens is 226 g/mol. The Morgan fingerprint density at radius 2 is 2.00 bits per heavy atom. The van der Waals surface area contributed by atoms with Crippen molar-refractivity contribution in [3.05, 3.63) is 29.8 Å². The summed E-state index contributed by atoms with van der Waals surface area (Å²) in [4.78, 5) is 12.3. The van der Waals surface area contributed by atoms with Crippen LogP contribution in [-0.2, 0) is 10.2 Å². The highest BCUT2D eigenvalue weighted by molar-refractivity contribution is 5.91. The summed E-state index contributed by atoms with van der Waals surface area (Å²) < 4.78 is 5.14. The molecule has 1 aliphatic carbocycles. The second kappa shape index (κ2) is 5.01. The summed E-state index contributed by atoms with van der Waals surface area (Å²) in [5.41, 5.74) is 0.819. The van der Waals surface area contributed by atoms with E-state index in [2.05, 4.69) is 12.2 Å². The molecule has 1 unspecified atom stereocenters. The number of hydrogen-bond acceptors (Lipinski definition) is 2. The van der Waals surface area contributed by atoms with Gasteiger partial charge in [0.25, 0.3) is 0 Å². The maximum absolute atomic E-state index is 12.3. The third kappa shape index (κ3) is 2.35. The van der Waals surface area contributed by atoms with Gasteiger partial charge in [0, 0.05) is 6.04 Å². The van der Waals surface area contributed by atoms with Crippen molar-refractivity contribution in [1.29, 1.82) is 0 Å². The minimum atomic E-state index is -0.282. The largest absolute Gasteiger partial charge is 0.497 e. The fourth-order valence-electron chi connectivity index (χ4n) is 2.15. The molecule has 2 rings (SSSR count). The summed E-state index contributed by atoms with van der Waals surface area (Å²) in [7, 11) is 1.65. The van der Waals surface area contributed by atoms with Crippen LogP contribution < -0.4 is 10.1 Å². The molecule has 98 valence electrons. The van der Waals surface area contributed by atoms with Gasteiger partial charge in [-0.3, -0.25) is 4.79 Å². The molecule has 1 saturated carbocycles. The average Bonchev–Trinajstić information content (AvgIpc) is 3.20. The molecule has 18 heavy (non-hydrogen) atoms. The van der Waals surface area contributed by atoms with Gasteiger partial charge in [0.1, 0.15) is 5.75 Å². The molecule has 0 saturated heterocycles. The zero-order chi connectivity index (χ0) is 13.2. The number of carbonyl (C=O) groups excluding carboxylic acids is 1. The van der Waals surface area contributed by atoms with Crippen molar-refractivity contribution in [1.82, 2.24) is 5.32 Å². The van der Waals surface area contributed by atoms with E-state index in [1.807, 2.05) is 31.2 Å². The summed E-state index contributed by atoms with van der Waals surface area (Å²) in [6.45, 7) is 4.12. The molecule has 1 aromatic carbocycles. The number of carbonyl (C=O) groups is 1. The second-order valence-corrected chi connectivity index (χ2v) is 5.09. The van der Waals surface area contributed by atoms with Gasteiger partial charge in [-0.05, 0) is 43.9 Å². The smallest absolute Gasteiger partial charge is 0.230 e. The molecule has 1 aliphatic rings. The van der Waals surface area contributed by atoms with Crippen molar-refractivity contribution in [2.24, 2.45) is 0 Å². The molecule has 0 aliphatic heterocycles. The fraction of sp³-hybridized carbons (Fsp3) is 0.533. The maximum Gasteiger partial charge on any atom is 0.230 e. The van der Waals surface area contributed by atoms with Crippen molar-refractivity contribution < 1.29 is 9.53 Å². The van der Waals surface area contributed by atoms with Gasteiger partial charge in [-0.2, -0.15) is 0 Å². The Bertz CT molecular complexity index is 421. The van der Waals surface area contributed by atoms with E-state index in [-0.39, 0.29) is 17.4 Å². The summed E-state index contributed by atoms with van der Waals surface area (Å²) in [5.74, 6) is 0.999. The fourth-order valence-corrected chi connectivity index (χ4v) is 2.15. The summed E-state index contributed by atoms with van der Waals surface area (Å²) in [6.07, 6.45) is 2.85. The van der Waals surface area contributed by atoms with E-state index in [0.29, 0.717) is 0 Å². The Balaban J connectivity index is 2.13. The van der Waals surface area contributed by atoms with Gasteiger partial charge in [0.05, 0.1) is 12.5 Å². The molecule has 1 aromatic rings. The third-order valence-corrected chi connectivity index (χ3v) is 3.82. The van der Waals surface area contributed by atoms with Crippen LogP contribution in [0.2, 0.25) is 0 Å². The summed E-state index contributed by atoms with van der Waals surface area (Å²) >= 11 is 0. The number of ether oxygens (including phenoxy) is 1. The molecule has 1 fully saturated rings. The Labute approximate surface area is 109 Å². The highest BCUT2D eigenvalue weighted by atomic mass is 16.5. The molecule has 1 atom stereocenters. The first-order valence-corrected chi connectivity index (χ1v) is 6.58. The van der Waals surface area contributed by atoms with Crippen molar-refractivity contribution in [2.45, 2.75) is 44.6 Å². The molecule has 1 N–H and O–H groups in total. The molecule has 0 radical (unpaired) electrons. The highest BCUT2D eigenvalue weighted by Crippen LogP contribution is 2.48. The third-order valence-electron chi connectivity index (χ3n) is 3.82. The van der Waals surface area contributed by atoms with Crippen LogP contribution in [0.3, 0.4) is 0 Å². The van der Waals surface area contributed by atoms with Crippen LogP contribution in [0.15, 0.2) is 24.3 Å². The number of rotatable bonds is 5. The number of amides is 1. The minimum absolute atomic E-state index is 0.169. The minimum Gasteiger partial charge on any atom is -0.497 e. The van der Waals surface area contributed by atoms with Gasteiger partial charge < -0.3 is 10.1 Å². The first-order chi connectivity index (χ1) is 8.62. The van der Waals surface area contributed by atoms with E-state index in [4.69, 9.17) is 4.74 Å². The summed E-state index contributed by atoms with van der Waals surface area (Å²) in [5, 5.41) is 3.09. The normalized spacial score (nSPS) is 17.9. The van der Waals surface area contributed by atoms with E-state index in [0.717, 1.165) is 30.6 Å². The van der Waals surface area contributed by atoms with Gasteiger partial charge in [0.15, 0.2) is 0 Å². The van der Waals surface area contributed by atoms with Gasteiger partial charge in [-0.25, -0.2) is 0 Å². The topological polar surface area (TPSA) is 38.3 Å². The Morgan fingerprint density at radius 1 is 1.39 bits per heavy atom. The number of methoxy groups -OCH3 is 1. The molecule has 0 heterocycles. The van der Waals surface area contributed by atoms with Crippen LogP contribution in [0.4, 0.5) is 0 Å². The molecule has 3 heteroatoms. The van der Waals surface area contributed by atoms with Crippen LogP contribution in [0.25, 0.3) is 0 Å². The lowest BCUT2D eigenvalue weighted by Gasteiger charge is -2.19. The molecule has 0 bridgehead atoms. The molecule has 3 nitrogen and oxygen atoms in total. The van der Waals surface area contributed by atoms with Gasteiger partial charge >= 0.3 is 0 Å². The Kier molecular flexibility index (Phi) is 3.60. The van der Waals surface area contributed by atoms with E-state index in [9.17, 15) is 4.79 Å². The second-order valence-electron chi connectivity index (χ2n) is 5.09. The SMILES string of the molecule is CCC(C)NC(=O)C1(c2ccc(OC)cc2)CC1. The zero-order valence-electron chi connectivity index (χ0n) is 11.3. The van der Waals surface area contributed by atoms with Crippen molar-refractivity contribution in [2.75, 3.05) is 7.11 Å². The molecular formula is C15H21NO2. The average molecular weight is 247 g/mol. The first kappa shape index (κ1) is 12.9. The van der Waals surface area contributed by atoms with Gasteiger partial charge in [0.2, 0.25) is 5.91 Å². The van der Waals surface area contributed by atoms with Crippen LogP contribution in [0.1, 0.15) is 38.7 Å². The van der Waals surface area contributed by atoms with E-state index in [1.165, 1.54) is 0 Å². The standard InChI is InChI=1S/C15H21NO2/c1-4-11(2)16-14(17)15(9-10-15)12-5-7-13(18-3)8-6-12/h5-8,11H,4,9-10H2,1-3H3,(H,16,17). The van der Waals surface area contributed by atoms with E-state index < -0.39 is 0 Å². The Hall–Kier alpha value is -1.51. The van der Waals surface area contributed by atoms with Crippen LogP contribution in [0, 0.1) is 0 Å². The molecule has 0 spiro atoms. The lowest BCUT2D eigenvalue weighted by molar-refractivity contribution is -0.124. The lowest BCUT2D eigenvalue weighted by Crippen LogP contribution is -2.39. The highest BCUT2D eigenvalue weighted by Gasteiger charge is 2.51. The van der Waals surface area contributed by atoms with Crippen molar-refractivity contribution in [3.8, 4) is 5.75 Å². The quantitative estimate of drug-likeness (QED) is 0.868. The maximum atomic E-state index is 12.3. The molecule has 1 amide bonds. The van der Waals surface area contributed by atoms with Gasteiger partial charge in [-0.1, -0.05) is 19.1 Å². The predicted molar refractivity (Wildman–Crippen MR) is 71.8 cm³/mol.